The van der Waals surface area contributed by atoms with Gasteiger partial charge in [-0.25, -0.2) is 0 Å². The Bertz CT molecular complexity index is 377. The maximum Gasteiger partial charge on any atom is 0.167 e. The number of aliphatic hydroxyl groups excluding tert-OH is 1. The van der Waals surface area contributed by atoms with Crippen LogP contribution in [0.15, 0.2) is 41.1 Å². The van der Waals surface area contributed by atoms with E-state index in [0.29, 0.717) is 0 Å². The van der Waals surface area contributed by atoms with Crippen molar-refractivity contribution in [2.75, 3.05) is 0 Å². The van der Waals surface area contributed by atoms with Crippen LogP contribution in [0.2, 0.25) is 0 Å². The Hall–Kier alpha value is -1.75. The Labute approximate surface area is 77.0 Å². The molecule has 1 aliphatic carbocycles. The van der Waals surface area contributed by atoms with Gasteiger partial charge in [0.25, 0.3) is 0 Å². The fourth-order valence-electron chi connectivity index (χ4n) is 1.19. The van der Waals surface area contributed by atoms with E-state index in [2.05, 4.69) is 16.8 Å². The highest BCUT2D eigenvalue weighted by molar-refractivity contribution is 5.72. The van der Waals surface area contributed by atoms with Crippen molar-refractivity contribution in [1.82, 2.24) is 0 Å². The molecule has 2 aliphatic rings. The lowest BCUT2D eigenvalue weighted by atomic mass is 10.0. The molecule has 0 aromatic rings. The van der Waals surface area contributed by atoms with Crippen LogP contribution in [0.25, 0.3) is 0 Å². The Balaban J connectivity index is 2.46. The average Bonchev–Trinajstić information content (AvgIpc) is 2.07. The topological polar surface area (TPSA) is 32.6 Å². The first-order valence-corrected chi connectivity index (χ1v) is 4.14. The molecular weight excluding hydrogens is 162 g/mol. The number of rotatable bonds is 0. The van der Waals surface area contributed by atoms with E-state index in [1.54, 1.807) is 12.3 Å². The second kappa shape index (κ2) is 3.32. The molecule has 64 valence electrons. The summed E-state index contributed by atoms with van der Waals surface area (Å²) in [5, 5.41) is 9.48. The first-order valence-electron chi connectivity index (χ1n) is 4.14. The van der Waals surface area contributed by atoms with E-state index in [4.69, 9.17) is 0 Å². The Morgan fingerprint density at radius 1 is 1.23 bits per heavy atom. The van der Waals surface area contributed by atoms with Gasteiger partial charge in [-0.15, -0.1) is 0 Å². The normalized spacial score (nSPS) is 40.8. The van der Waals surface area contributed by atoms with Crippen LogP contribution in [-0.4, -0.2) is 17.4 Å². The van der Waals surface area contributed by atoms with Crippen LogP contribution in [0, 0.1) is 17.8 Å². The van der Waals surface area contributed by atoms with Gasteiger partial charge in [-0.2, -0.15) is 0 Å². The van der Waals surface area contributed by atoms with Crippen molar-refractivity contribution in [3.8, 4) is 11.8 Å². The third-order valence-electron chi connectivity index (χ3n) is 1.89. The molecule has 1 aliphatic heterocycles. The maximum absolute atomic E-state index is 9.48. The van der Waals surface area contributed by atoms with Gasteiger partial charge in [-0.05, 0) is 12.2 Å². The van der Waals surface area contributed by atoms with Crippen molar-refractivity contribution in [3.05, 3.63) is 36.1 Å². The molecule has 0 saturated carbocycles. The van der Waals surface area contributed by atoms with Gasteiger partial charge in [0.2, 0.25) is 0 Å². The maximum atomic E-state index is 9.48. The molecule has 0 aromatic carbocycles. The van der Waals surface area contributed by atoms with Crippen LogP contribution in [0.5, 0.6) is 0 Å². The second-order valence-corrected chi connectivity index (χ2v) is 2.88. The standard InChI is InChI=1S/C11H9NO/c13-11-5-1-3-9-4-2-8-12-10(11)7-6-9/h1-5,8-10,13H/b3-1-,4-2-,11-5+,12-8-. The average molecular weight is 171 g/mol. The summed E-state index contributed by atoms with van der Waals surface area (Å²) in [5.41, 5.74) is 0. The molecule has 2 heteroatoms. The van der Waals surface area contributed by atoms with Gasteiger partial charge in [-0.3, -0.25) is 4.99 Å². The van der Waals surface area contributed by atoms with E-state index in [-0.39, 0.29) is 11.7 Å². The number of fused-ring (bicyclic) bond motifs is 2. The van der Waals surface area contributed by atoms with E-state index in [0.717, 1.165) is 0 Å². The molecule has 0 radical (unpaired) electrons. The van der Waals surface area contributed by atoms with Crippen molar-refractivity contribution in [2.45, 2.75) is 6.04 Å². The smallest absolute Gasteiger partial charge is 0.167 e. The summed E-state index contributed by atoms with van der Waals surface area (Å²) in [6.45, 7) is 0. The molecule has 13 heavy (non-hydrogen) atoms. The zero-order valence-electron chi connectivity index (χ0n) is 7.01. The van der Waals surface area contributed by atoms with E-state index in [1.165, 1.54) is 0 Å². The summed E-state index contributed by atoms with van der Waals surface area (Å²) >= 11 is 0. The third-order valence-corrected chi connectivity index (χ3v) is 1.89. The molecule has 0 aromatic heterocycles. The van der Waals surface area contributed by atoms with Gasteiger partial charge in [0.15, 0.2) is 6.04 Å². The van der Waals surface area contributed by atoms with Gasteiger partial charge in [0.1, 0.15) is 5.76 Å². The fraction of sp³-hybridized carbons (Fsp3) is 0.182. The van der Waals surface area contributed by atoms with Crippen molar-refractivity contribution < 1.29 is 5.11 Å². The number of hydrogen-bond donors (Lipinski definition) is 1. The van der Waals surface area contributed by atoms with Crippen LogP contribution >= 0.6 is 0 Å². The third kappa shape index (κ3) is 1.70. The highest BCUT2D eigenvalue weighted by Gasteiger charge is 2.09. The predicted octanol–water partition coefficient (Wildman–Crippen LogP) is 1.63. The molecule has 1 heterocycles. The minimum Gasteiger partial charge on any atom is -0.509 e. The Morgan fingerprint density at radius 3 is 3.00 bits per heavy atom. The summed E-state index contributed by atoms with van der Waals surface area (Å²) in [5.74, 6) is 6.26. The predicted molar refractivity (Wildman–Crippen MR) is 52.5 cm³/mol. The quantitative estimate of drug-likeness (QED) is 0.552. The number of hydrogen-bond acceptors (Lipinski definition) is 2. The Morgan fingerprint density at radius 2 is 2.08 bits per heavy atom. The molecule has 0 amide bonds. The summed E-state index contributed by atoms with van der Waals surface area (Å²) < 4.78 is 0. The zero-order chi connectivity index (χ0) is 9.10. The Kier molecular flexibility index (Phi) is 2.01. The molecule has 0 fully saturated rings. The van der Waals surface area contributed by atoms with Gasteiger partial charge in [0, 0.05) is 6.21 Å². The molecule has 2 rings (SSSR count). The van der Waals surface area contributed by atoms with Crippen LogP contribution in [0.3, 0.4) is 0 Å². The SMILES string of the molecule is O/C1=C/C=C\C2C#CC1/N=C\C=C/2. The summed E-state index contributed by atoms with van der Waals surface area (Å²) in [7, 11) is 0. The van der Waals surface area contributed by atoms with E-state index in [9.17, 15) is 5.11 Å². The fourth-order valence-corrected chi connectivity index (χ4v) is 1.19. The van der Waals surface area contributed by atoms with Crippen molar-refractivity contribution in [1.29, 1.82) is 0 Å². The lowest BCUT2D eigenvalue weighted by Gasteiger charge is -2.08. The highest BCUT2D eigenvalue weighted by atomic mass is 16.3. The lowest BCUT2D eigenvalue weighted by molar-refractivity contribution is 0.388. The van der Waals surface area contributed by atoms with Crippen LogP contribution in [0.4, 0.5) is 0 Å². The number of aliphatic hydroxyl groups is 1. The molecule has 2 atom stereocenters. The van der Waals surface area contributed by atoms with E-state index < -0.39 is 6.04 Å². The minimum absolute atomic E-state index is 0.138. The van der Waals surface area contributed by atoms with Crippen molar-refractivity contribution in [3.63, 3.8) is 0 Å². The van der Waals surface area contributed by atoms with Gasteiger partial charge in [-0.1, -0.05) is 30.1 Å². The first kappa shape index (κ1) is 7.88. The van der Waals surface area contributed by atoms with Crippen molar-refractivity contribution in [2.24, 2.45) is 10.9 Å². The van der Waals surface area contributed by atoms with E-state index >= 15 is 0 Å². The van der Waals surface area contributed by atoms with Crippen LogP contribution in [0.1, 0.15) is 0 Å². The molecule has 2 bridgehead atoms. The molecule has 0 saturated heterocycles. The molecule has 1 N–H and O–H groups in total. The molecule has 2 unspecified atom stereocenters. The number of aliphatic imine (C=N–C) groups is 1. The first-order chi connectivity index (χ1) is 6.36. The van der Waals surface area contributed by atoms with E-state index in [1.807, 2.05) is 24.3 Å². The summed E-state index contributed by atoms with van der Waals surface area (Å²) in [6, 6.07) is -0.391. The van der Waals surface area contributed by atoms with Crippen LogP contribution in [-0.2, 0) is 0 Å². The molecule has 0 spiro atoms. The largest absolute Gasteiger partial charge is 0.509 e. The van der Waals surface area contributed by atoms with Gasteiger partial charge in [0.05, 0.1) is 5.92 Å². The monoisotopic (exact) mass is 171 g/mol. The zero-order valence-corrected chi connectivity index (χ0v) is 7.01. The molecular formula is C11H9NO. The van der Waals surface area contributed by atoms with Crippen LogP contribution < -0.4 is 0 Å². The summed E-state index contributed by atoms with van der Waals surface area (Å²) in [4.78, 5) is 4.08. The van der Waals surface area contributed by atoms with Gasteiger partial charge >= 0.3 is 0 Å². The lowest BCUT2D eigenvalue weighted by Crippen LogP contribution is -2.08. The molecule has 2 nitrogen and oxygen atoms in total. The minimum atomic E-state index is -0.391. The number of nitrogens with zero attached hydrogens (tertiary/aromatic N) is 1. The highest BCUT2D eigenvalue weighted by Crippen LogP contribution is 2.10. The summed E-state index contributed by atoms with van der Waals surface area (Å²) in [6.07, 6.45) is 10.9. The van der Waals surface area contributed by atoms with Crippen molar-refractivity contribution >= 4 is 6.21 Å². The van der Waals surface area contributed by atoms with Gasteiger partial charge < -0.3 is 5.11 Å². The second-order valence-electron chi connectivity index (χ2n) is 2.88. The number of allylic oxidation sites excluding steroid dienone is 5.